The first-order valence-corrected chi connectivity index (χ1v) is 11.8. The van der Waals surface area contributed by atoms with Gasteiger partial charge in [0.1, 0.15) is 18.2 Å². The van der Waals surface area contributed by atoms with E-state index in [2.05, 4.69) is 25.8 Å². The molecule has 1 atom stereocenters. The minimum absolute atomic E-state index is 0.00412. The van der Waals surface area contributed by atoms with Gasteiger partial charge in [-0.25, -0.2) is 9.97 Å². The largest absolute Gasteiger partial charge is 0.483 e. The number of piperidine rings is 2. The minimum Gasteiger partial charge on any atom is -0.483 e. The molecule has 4 heterocycles. The van der Waals surface area contributed by atoms with Gasteiger partial charge in [-0.15, -0.1) is 0 Å². The maximum absolute atomic E-state index is 12.7. The molecule has 188 valence electrons. The molecule has 0 bridgehead atoms. The fourth-order valence-corrected chi connectivity index (χ4v) is 5.04. The van der Waals surface area contributed by atoms with E-state index in [0.29, 0.717) is 5.92 Å². The van der Waals surface area contributed by atoms with Gasteiger partial charge in [0.15, 0.2) is 0 Å². The Bertz CT molecular complexity index is 813. The molecule has 4 aliphatic rings. The SMILES string of the molecule is O=C1OC(CN2CCC(O)CC2)CC12CCN(c1cc(C3CC3)ncn1)CC2.O=CO.O=CO. The molecule has 0 radical (unpaired) electrons. The van der Waals surface area contributed by atoms with Gasteiger partial charge in [0.2, 0.25) is 0 Å². The normalized spacial score (nSPS) is 24.3. The van der Waals surface area contributed by atoms with Crippen molar-refractivity contribution in [3.8, 4) is 0 Å². The number of ether oxygens (including phenoxy) is 1. The van der Waals surface area contributed by atoms with Crippen molar-refractivity contribution in [3.63, 3.8) is 0 Å². The Morgan fingerprint density at radius 2 is 1.65 bits per heavy atom. The number of aromatic nitrogens is 2. The summed E-state index contributed by atoms with van der Waals surface area (Å²) in [5.41, 5.74) is 0.847. The van der Waals surface area contributed by atoms with Gasteiger partial charge in [-0.05, 0) is 38.5 Å². The summed E-state index contributed by atoms with van der Waals surface area (Å²) in [7, 11) is 0. The molecular weight excluding hydrogens is 444 g/mol. The molecule has 4 fully saturated rings. The van der Waals surface area contributed by atoms with Crippen LogP contribution in [0, 0.1) is 5.41 Å². The third-order valence-electron chi connectivity index (χ3n) is 7.06. The molecule has 1 aliphatic carbocycles. The molecule has 0 amide bonds. The van der Waals surface area contributed by atoms with E-state index >= 15 is 0 Å². The monoisotopic (exact) mass is 478 g/mol. The molecule has 5 rings (SSSR count). The van der Waals surface area contributed by atoms with Crippen molar-refractivity contribution in [1.29, 1.82) is 0 Å². The number of hydrogen-bond donors (Lipinski definition) is 3. The standard InChI is InChI=1S/C21H30N4O3.2CH2O2/c26-16-3-7-24(8-4-16)13-17-12-21(20(27)28-17)5-9-25(10-6-21)19-11-18(15-1-2-15)22-14-23-19;2*2-1-3/h11,14-17,26H,1-10,12-13H2;2*1H,(H,2,3). The van der Waals surface area contributed by atoms with E-state index in [1.54, 1.807) is 6.33 Å². The van der Waals surface area contributed by atoms with Crippen LogP contribution in [-0.4, -0.2) is 94.0 Å². The summed E-state index contributed by atoms with van der Waals surface area (Å²) in [6.07, 6.45) is 8.14. The molecule has 11 nitrogen and oxygen atoms in total. The Morgan fingerprint density at radius 1 is 1.03 bits per heavy atom. The van der Waals surface area contributed by atoms with E-state index in [4.69, 9.17) is 24.5 Å². The third kappa shape index (κ3) is 6.63. The van der Waals surface area contributed by atoms with Crippen molar-refractivity contribution in [1.82, 2.24) is 14.9 Å². The van der Waals surface area contributed by atoms with Gasteiger partial charge in [0.25, 0.3) is 12.9 Å². The fraction of sp³-hybridized carbons (Fsp3) is 0.696. The maximum atomic E-state index is 12.7. The molecule has 11 heteroatoms. The summed E-state index contributed by atoms with van der Waals surface area (Å²) in [6.45, 7) is 3.79. The van der Waals surface area contributed by atoms with Crippen molar-refractivity contribution in [3.05, 3.63) is 18.1 Å². The van der Waals surface area contributed by atoms with E-state index in [1.165, 1.54) is 12.8 Å². The van der Waals surface area contributed by atoms with Gasteiger partial charge >= 0.3 is 5.97 Å². The molecule has 1 aromatic heterocycles. The van der Waals surface area contributed by atoms with Crippen LogP contribution in [0.1, 0.15) is 56.6 Å². The predicted molar refractivity (Wildman–Crippen MR) is 121 cm³/mol. The van der Waals surface area contributed by atoms with E-state index in [-0.39, 0.29) is 36.5 Å². The second kappa shape index (κ2) is 12.1. The number of carbonyl (C=O) groups is 3. The van der Waals surface area contributed by atoms with Gasteiger partial charge in [0, 0.05) is 56.8 Å². The third-order valence-corrected chi connectivity index (χ3v) is 7.06. The zero-order valence-corrected chi connectivity index (χ0v) is 19.3. The first-order valence-electron chi connectivity index (χ1n) is 11.8. The Labute approximate surface area is 198 Å². The van der Waals surface area contributed by atoms with E-state index < -0.39 is 0 Å². The van der Waals surface area contributed by atoms with Gasteiger partial charge in [-0.1, -0.05) is 0 Å². The van der Waals surface area contributed by atoms with Crippen LogP contribution in [0.25, 0.3) is 0 Å². The van der Waals surface area contributed by atoms with Gasteiger partial charge in [0.05, 0.1) is 11.5 Å². The highest BCUT2D eigenvalue weighted by Crippen LogP contribution is 2.44. The predicted octanol–water partition coefficient (Wildman–Crippen LogP) is 1.11. The molecule has 34 heavy (non-hydrogen) atoms. The van der Waals surface area contributed by atoms with E-state index in [1.807, 2.05) is 0 Å². The van der Waals surface area contributed by atoms with Crippen LogP contribution in [-0.2, 0) is 19.1 Å². The Balaban J connectivity index is 0.000000492. The number of rotatable bonds is 4. The van der Waals surface area contributed by atoms with E-state index in [0.717, 1.165) is 76.3 Å². The Hall–Kier alpha value is -2.79. The molecule has 3 saturated heterocycles. The summed E-state index contributed by atoms with van der Waals surface area (Å²) < 4.78 is 5.80. The number of anilines is 1. The lowest BCUT2D eigenvalue weighted by molar-refractivity contribution is -0.150. The van der Waals surface area contributed by atoms with Crippen molar-refractivity contribution in [2.45, 2.75) is 63.1 Å². The lowest BCUT2D eigenvalue weighted by Crippen LogP contribution is -2.43. The smallest absolute Gasteiger partial charge is 0.312 e. The molecule has 1 saturated carbocycles. The number of carboxylic acid groups (broad SMARTS) is 2. The van der Waals surface area contributed by atoms with Crippen molar-refractivity contribution >= 4 is 24.7 Å². The van der Waals surface area contributed by atoms with Crippen LogP contribution in [0.4, 0.5) is 5.82 Å². The summed E-state index contributed by atoms with van der Waals surface area (Å²) in [6, 6.07) is 2.14. The Kier molecular flexibility index (Phi) is 9.17. The number of hydrogen-bond acceptors (Lipinski definition) is 9. The highest BCUT2D eigenvalue weighted by atomic mass is 16.6. The molecule has 1 spiro atoms. The number of aliphatic hydroxyl groups excluding tert-OH is 1. The zero-order valence-electron chi connectivity index (χ0n) is 19.3. The number of esters is 1. The second-order valence-electron chi connectivity index (χ2n) is 9.32. The van der Waals surface area contributed by atoms with Crippen molar-refractivity contribution < 1.29 is 34.4 Å². The maximum Gasteiger partial charge on any atom is 0.312 e. The number of likely N-dealkylation sites (tertiary alicyclic amines) is 1. The first-order chi connectivity index (χ1) is 16.4. The number of nitrogens with zero attached hydrogens (tertiary/aromatic N) is 4. The van der Waals surface area contributed by atoms with Crippen LogP contribution in [0.15, 0.2) is 12.4 Å². The van der Waals surface area contributed by atoms with Gasteiger partial charge < -0.3 is 25.0 Å². The van der Waals surface area contributed by atoms with Crippen LogP contribution < -0.4 is 4.90 Å². The molecule has 3 N–H and O–H groups in total. The van der Waals surface area contributed by atoms with E-state index in [9.17, 15) is 9.90 Å². The van der Waals surface area contributed by atoms with Crippen LogP contribution in [0.5, 0.6) is 0 Å². The number of cyclic esters (lactones) is 1. The molecular formula is C23H34N4O7. The fourth-order valence-electron chi connectivity index (χ4n) is 5.04. The topological polar surface area (TPSA) is 153 Å². The molecule has 3 aliphatic heterocycles. The summed E-state index contributed by atoms with van der Waals surface area (Å²) >= 11 is 0. The quantitative estimate of drug-likeness (QED) is 0.421. The first kappa shape index (κ1) is 25.8. The van der Waals surface area contributed by atoms with Gasteiger partial charge in [-0.3, -0.25) is 19.3 Å². The lowest BCUT2D eigenvalue weighted by Gasteiger charge is -2.37. The molecule has 1 unspecified atom stereocenters. The lowest BCUT2D eigenvalue weighted by atomic mass is 9.76. The number of aliphatic hydroxyl groups is 1. The highest BCUT2D eigenvalue weighted by molar-refractivity contribution is 5.79. The van der Waals surface area contributed by atoms with Crippen LogP contribution in [0.2, 0.25) is 0 Å². The summed E-state index contributed by atoms with van der Waals surface area (Å²) in [4.78, 5) is 43.0. The number of carbonyl (C=O) groups excluding carboxylic acids is 1. The summed E-state index contributed by atoms with van der Waals surface area (Å²) in [5.74, 6) is 1.62. The molecule has 0 aromatic carbocycles. The Morgan fingerprint density at radius 3 is 2.24 bits per heavy atom. The van der Waals surface area contributed by atoms with Crippen LogP contribution >= 0.6 is 0 Å². The molecule has 1 aromatic rings. The zero-order chi connectivity index (χ0) is 24.6. The minimum atomic E-state index is -0.317. The average Bonchev–Trinajstić information content (AvgIpc) is 3.64. The van der Waals surface area contributed by atoms with Gasteiger partial charge in [-0.2, -0.15) is 0 Å². The van der Waals surface area contributed by atoms with Crippen LogP contribution in [0.3, 0.4) is 0 Å². The second-order valence-corrected chi connectivity index (χ2v) is 9.32. The highest BCUT2D eigenvalue weighted by Gasteiger charge is 2.50. The van der Waals surface area contributed by atoms with Crippen molar-refractivity contribution in [2.75, 3.05) is 37.6 Å². The average molecular weight is 479 g/mol. The van der Waals surface area contributed by atoms with Crippen molar-refractivity contribution in [2.24, 2.45) is 5.41 Å². The summed E-state index contributed by atoms with van der Waals surface area (Å²) in [5, 5.41) is 23.5.